The van der Waals surface area contributed by atoms with Crippen molar-refractivity contribution in [2.45, 2.75) is 13.0 Å². The highest BCUT2D eigenvalue weighted by Gasteiger charge is 2.21. The normalized spacial score (nSPS) is 16.8. The summed E-state index contributed by atoms with van der Waals surface area (Å²) in [6.45, 7) is 4.35. The minimum atomic E-state index is 0.683. The van der Waals surface area contributed by atoms with Crippen molar-refractivity contribution in [3.63, 3.8) is 0 Å². The fraction of sp³-hybridized carbons (Fsp3) is 0.455. The topological polar surface area (TPSA) is 15.3 Å². The highest BCUT2D eigenvalue weighted by Crippen LogP contribution is 2.17. The number of hydrogen-bond acceptors (Lipinski definition) is 2. The molecule has 0 amide bonds. The van der Waals surface area contributed by atoms with Gasteiger partial charge in [0, 0.05) is 25.8 Å². The minimum Gasteiger partial charge on any atom is -0.369 e. The fourth-order valence-corrected chi connectivity index (χ4v) is 1.54. The quantitative estimate of drug-likeness (QED) is 0.733. The fourth-order valence-electron chi connectivity index (χ4n) is 1.54. The second kappa shape index (κ2) is 3.38. The van der Waals surface area contributed by atoms with Gasteiger partial charge >= 0.3 is 0 Å². The van der Waals surface area contributed by atoms with Crippen LogP contribution in [0.5, 0.6) is 0 Å². The Balaban J connectivity index is 2.10. The van der Waals surface area contributed by atoms with Crippen LogP contribution in [0.4, 0.5) is 5.69 Å². The summed E-state index contributed by atoms with van der Waals surface area (Å²) in [6, 6.07) is 9.39. The molecule has 0 saturated carbocycles. The Morgan fingerprint density at radius 1 is 1.23 bits per heavy atom. The van der Waals surface area contributed by atoms with E-state index in [0.29, 0.717) is 6.04 Å². The molecule has 0 bridgehead atoms. The molecule has 0 aliphatic carbocycles. The zero-order chi connectivity index (χ0) is 9.26. The van der Waals surface area contributed by atoms with Crippen molar-refractivity contribution < 1.29 is 0 Å². The first kappa shape index (κ1) is 8.57. The molecule has 2 nitrogen and oxygen atoms in total. The first-order chi connectivity index (χ1) is 6.27. The van der Waals surface area contributed by atoms with Crippen LogP contribution in [0.15, 0.2) is 24.3 Å². The molecule has 13 heavy (non-hydrogen) atoms. The first-order valence-electron chi connectivity index (χ1n) is 4.77. The van der Waals surface area contributed by atoms with Gasteiger partial charge in [-0.2, -0.15) is 0 Å². The third-order valence-electron chi connectivity index (χ3n) is 2.75. The molecule has 0 unspecified atom stereocenters. The molecule has 0 radical (unpaired) electrons. The van der Waals surface area contributed by atoms with Crippen LogP contribution in [0.2, 0.25) is 0 Å². The average molecular weight is 176 g/mol. The van der Waals surface area contributed by atoms with Gasteiger partial charge in [-0.1, -0.05) is 17.7 Å². The van der Waals surface area contributed by atoms with Crippen LogP contribution in [-0.2, 0) is 0 Å². The van der Waals surface area contributed by atoms with E-state index in [9.17, 15) is 0 Å². The predicted molar refractivity (Wildman–Crippen MR) is 56.2 cm³/mol. The summed E-state index contributed by atoms with van der Waals surface area (Å²) >= 11 is 0. The van der Waals surface area contributed by atoms with Gasteiger partial charge in [0.25, 0.3) is 0 Å². The van der Waals surface area contributed by atoms with Gasteiger partial charge in [-0.15, -0.1) is 0 Å². The Hall–Kier alpha value is -1.02. The summed E-state index contributed by atoms with van der Waals surface area (Å²) in [5.41, 5.74) is 2.64. The van der Waals surface area contributed by atoms with E-state index in [1.54, 1.807) is 0 Å². The van der Waals surface area contributed by atoms with Gasteiger partial charge in [-0.3, -0.25) is 0 Å². The van der Waals surface area contributed by atoms with E-state index in [1.165, 1.54) is 11.3 Å². The Morgan fingerprint density at radius 2 is 1.85 bits per heavy atom. The molecule has 1 aromatic rings. The van der Waals surface area contributed by atoms with Crippen molar-refractivity contribution in [2.75, 3.05) is 25.0 Å². The number of hydrogen-bond donors (Lipinski definition) is 1. The Kier molecular flexibility index (Phi) is 2.23. The smallest absolute Gasteiger partial charge is 0.0535 e. The van der Waals surface area contributed by atoms with Gasteiger partial charge in [-0.05, 0) is 19.1 Å². The van der Waals surface area contributed by atoms with E-state index in [2.05, 4.69) is 48.5 Å². The van der Waals surface area contributed by atoms with Gasteiger partial charge in [0.1, 0.15) is 0 Å². The molecule has 1 aliphatic heterocycles. The maximum Gasteiger partial charge on any atom is 0.0535 e. The van der Waals surface area contributed by atoms with Crippen molar-refractivity contribution in [1.82, 2.24) is 5.32 Å². The van der Waals surface area contributed by atoms with Gasteiger partial charge in [0.2, 0.25) is 0 Å². The van der Waals surface area contributed by atoms with Gasteiger partial charge in [0.15, 0.2) is 0 Å². The molecule has 1 aromatic carbocycles. The maximum atomic E-state index is 3.28. The molecule has 2 heteroatoms. The number of nitrogens with one attached hydrogen (secondary N) is 1. The molecule has 1 fully saturated rings. The zero-order valence-electron chi connectivity index (χ0n) is 8.25. The summed E-state index contributed by atoms with van der Waals surface area (Å²) in [4.78, 5) is 2.34. The van der Waals surface area contributed by atoms with E-state index in [0.717, 1.165) is 13.1 Å². The SMILES string of the molecule is Cc1ccc(N(C)C2CNC2)cc1. The molecule has 0 atom stereocenters. The standard InChI is InChI=1S/C11H16N2/c1-9-3-5-10(6-4-9)13(2)11-7-12-8-11/h3-6,11-12H,7-8H2,1-2H3. The predicted octanol–water partition coefficient (Wildman–Crippen LogP) is 1.40. The summed E-state index contributed by atoms with van der Waals surface area (Å²) in [7, 11) is 2.16. The second-order valence-corrected chi connectivity index (χ2v) is 3.76. The lowest BCUT2D eigenvalue weighted by atomic mass is 10.1. The molecule has 1 heterocycles. The number of nitrogens with zero attached hydrogens (tertiary/aromatic N) is 1. The van der Waals surface area contributed by atoms with Crippen molar-refractivity contribution in [1.29, 1.82) is 0 Å². The largest absolute Gasteiger partial charge is 0.369 e. The molecule has 70 valence electrons. The number of aryl methyl sites for hydroxylation is 1. The number of likely N-dealkylation sites (N-methyl/N-ethyl adjacent to an activating group) is 1. The zero-order valence-corrected chi connectivity index (χ0v) is 8.25. The van der Waals surface area contributed by atoms with Crippen LogP contribution >= 0.6 is 0 Å². The van der Waals surface area contributed by atoms with Crippen LogP contribution in [0, 0.1) is 6.92 Å². The summed E-state index contributed by atoms with van der Waals surface area (Å²) in [6.07, 6.45) is 0. The molecular formula is C11H16N2. The number of rotatable bonds is 2. The highest BCUT2D eigenvalue weighted by atomic mass is 15.2. The van der Waals surface area contributed by atoms with Crippen LogP contribution in [0.1, 0.15) is 5.56 Å². The Bertz CT molecular complexity index is 275. The Labute approximate surface area is 79.6 Å². The molecule has 1 N–H and O–H groups in total. The van der Waals surface area contributed by atoms with Crippen molar-refractivity contribution in [2.24, 2.45) is 0 Å². The van der Waals surface area contributed by atoms with Gasteiger partial charge in [0.05, 0.1) is 6.04 Å². The molecule has 0 spiro atoms. The van der Waals surface area contributed by atoms with Crippen LogP contribution < -0.4 is 10.2 Å². The van der Waals surface area contributed by atoms with Crippen LogP contribution in [0.25, 0.3) is 0 Å². The minimum absolute atomic E-state index is 0.683. The lowest BCUT2D eigenvalue weighted by Crippen LogP contribution is -2.56. The third kappa shape index (κ3) is 1.68. The lowest BCUT2D eigenvalue weighted by molar-refractivity contribution is 0.429. The molecule has 1 aliphatic rings. The van der Waals surface area contributed by atoms with Crippen molar-refractivity contribution in [3.05, 3.63) is 29.8 Å². The summed E-state index contributed by atoms with van der Waals surface area (Å²) in [5.74, 6) is 0. The number of benzene rings is 1. The average Bonchev–Trinajstić information content (AvgIpc) is 2.02. The molecule has 2 rings (SSSR count). The lowest BCUT2D eigenvalue weighted by Gasteiger charge is -2.37. The van der Waals surface area contributed by atoms with E-state index in [1.807, 2.05) is 0 Å². The first-order valence-corrected chi connectivity index (χ1v) is 4.77. The molecule has 1 saturated heterocycles. The second-order valence-electron chi connectivity index (χ2n) is 3.76. The van der Waals surface area contributed by atoms with Gasteiger partial charge in [-0.25, -0.2) is 0 Å². The van der Waals surface area contributed by atoms with E-state index < -0.39 is 0 Å². The monoisotopic (exact) mass is 176 g/mol. The van der Waals surface area contributed by atoms with Crippen LogP contribution in [-0.4, -0.2) is 26.2 Å². The summed E-state index contributed by atoms with van der Waals surface area (Å²) < 4.78 is 0. The molecular weight excluding hydrogens is 160 g/mol. The van der Waals surface area contributed by atoms with E-state index in [-0.39, 0.29) is 0 Å². The van der Waals surface area contributed by atoms with Crippen molar-refractivity contribution >= 4 is 5.69 Å². The third-order valence-corrected chi connectivity index (χ3v) is 2.75. The van der Waals surface area contributed by atoms with Crippen LogP contribution in [0.3, 0.4) is 0 Å². The van der Waals surface area contributed by atoms with Crippen molar-refractivity contribution in [3.8, 4) is 0 Å². The van der Waals surface area contributed by atoms with E-state index in [4.69, 9.17) is 0 Å². The highest BCUT2D eigenvalue weighted by molar-refractivity contribution is 5.48. The van der Waals surface area contributed by atoms with E-state index >= 15 is 0 Å². The molecule has 0 aromatic heterocycles. The number of anilines is 1. The summed E-state index contributed by atoms with van der Waals surface area (Å²) in [5, 5.41) is 3.28. The van der Waals surface area contributed by atoms with Gasteiger partial charge < -0.3 is 10.2 Å². The maximum absolute atomic E-state index is 3.28. The Morgan fingerprint density at radius 3 is 2.31 bits per heavy atom.